The maximum Gasteiger partial charge on any atom is 0.115 e. The van der Waals surface area contributed by atoms with Crippen molar-refractivity contribution in [2.45, 2.75) is 38.1 Å². The zero-order valence-corrected chi connectivity index (χ0v) is 12.2. The van der Waals surface area contributed by atoms with Gasteiger partial charge in [-0.3, -0.25) is 0 Å². The van der Waals surface area contributed by atoms with Crippen molar-refractivity contribution in [3.05, 3.63) is 29.3 Å². The highest BCUT2D eigenvalue weighted by Gasteiger charge is 2.21. The standard InChI is InChI=1S/C16H23NOS/c18-14-4-5-15-13(10-14)2-1-3-16(15)17-11-12-6-8-19-9-7-12/h4-5,10,12,16-18H,1-3,6-9,11H2. The van der Waals surface area contributed by atoms with Gasteiger partial charge in [0.2, 0.25) is 0 Å². The van der Waals surface area contributed by atoms with Gasteiger partial charge in [0.15, 0.2) is 0 Å². The smallest absolute Gasteiger partial charge is 0.115 e. The summed E-state index contributed by atoms with van der Waals surface area (Å²) in [5.41, 5.74) is 2.75. The summed E-state index contributed by atoms with van der Waals surface area (Å²) >= 11 is 2.09. The van der Waals surface area contributed by atoms with E-state index in [1.54, 1.807) is 0 Å². The Balaban J connectivity index is 1.63. The predicted molar refractivity (Wildman–Crippen MR) is 81.8 cm³/mol. The molecule has 0 amide bonds. The minimum absolute atomic E-state index is 0.406. The number of hydrogen-bond acceptors (Lipinski definition) is 3. The summed E-state index contributed by atoms with van der Waals surface area (Å²) in [5, 5.41) is 13.4. The molecule has 2 aliphatic rings. The lowest BCUT2D eigenvalue weighted by molar-refractivity contribution is 0.384. The van der Waals surface area contributed by atoms with Crippen LogP contribution >= 0.6 is 11.8 Å². The first kappa shape index (κ1) is 13.3. The molecular formula is C16H23NOS. The van der Waals surface area contributed by atoms with Crippen molar-refractivity contribution < 1.29 is 5.11 Å². The predicted octanol–water partition coefficient (Wildman–Crippen LogP) is 3.50. The SMILES string of the molecule is Oc1ccc2c(c1)CCCC2NCC1CCSCC1. The molecule has 19 heavy (non-hydrogen) atoms. The molecule has 0 saturated carbocycles. The van der Waals surface area contributed by atoms with E-state index in [0.29, 0.717) is 11.8 Å². The molecule has 1 aliphatic heterocycles. The van der Waals surface area contributed by atoms with Gasteiger partial charge in [0.1, 0.15) is 5.75 Å². The van der Waals surface area contributed by atoms with Crippen LogP contribution in [-0.2, 0) is 6.42 Å². The molecule has 1 aromatic rings. The van der Waals surface area contributed by atoms with Crippen molar-refractivity contribution >= 4 is 11.8 Å². The Morgan fingerprint density at radius 2 is 2.05 bits per heavy atom. The van der Waals surface area contributed by atoms with Crippen molar-refractivity contribution in [3.63, 3.8) is 0 Å². The zero-order valence-electron chi connectivity index (χ0n) is 11.4. The van der Waals surface area contributed by atoms with Crippen molar-refractivity contribution in [3.8, 4) is 5.75 Å². The van der Waals surface area contributed by atoms with Crippen LogP contribution in [0, 0.1) is 5.92 Å². The van der Waals surface area contributed by atoms with Crippen LogP contribution in [0.25, 0.3) is 0 Å². The van der Waals surface area contributed by atoms with E-state index in [-0.39, 0.29) is 0 Å². The minimum Gasteiger partial charge on any atom is -0.508 e. The molecule has 104 valence electrons. The Hall–Kier alpha value is -0.670. The Bertz CT molecular complexity index is 429. The lowest BCUT2D eigenvalue weighted by atomic mass is 9.87. The van der Waals surface area contributed by atoms with Crippen LogP contribution in [0.1, 0.15) is 42.9 Å². The zero-order chi connectivity index (χ0) is 13.1. The van der Waals surface area contributed by atoms with Crippen LogP contribution in [0.2, 0.25) is 0 Å². The van der Waals surface area contributed by atoms with E-state index in [4.69, 9.17) is 0 Å². The first-order valence-electron chi connectivity index (χ1n) is 7.46. The van der Waals surface area contributed by atoms with Crippen LogP contribution in [-0.4, -0.2) is 23.2 Å². The van der Waals surface area contributed by atoms with E-state index >= 15 is 0 Å². The van der Waals surface area contributed by atoms with Crippen molar-refractivity contribution in [1.29, 1.82) is 0 Å². The number of phenolic OH excluding ortho intramolecular Hbond substituents is 1. The molecule has 1 aliphatic carbocycles. The van der Waals surface area contributed by atoms with Gasteiger partial charge in [-0.1, -0.05) is 6.07 Å². The first-order chi connectivity index (χ1) is 9.33. The summed E-state index contributed by atoms with van der Waals surface area (Å²) < 4.78 is 0. The van der Waals surface area contributed by atoms with Gasteiger partial charge in [-0.15, -0.1) is 0 Å². The van der Waals surface area contributed by atoms with Crippen LogP contribution in [0.5, 0.6) is 5.75 Å². The first-order valence-corrected chi connectivity index (χ1v) is 8.61. The highest BCUT2D eigenvalue weighted by atomic mass is 32.2. The average molecular weight is 277 g/mol. The average Bonchev–Trinajstić information content (AvgIpc) is 2.45. The van der Waals surface area contributed by atoms with E-state index in [9.17, 15) is 5.11 Å². The van der Waals surface area contributed by atoms with Crippen molar-refractivity contribution in [2.75, 3.05) is 18.1 Å². The fraction of sp³-hybridized carbons (Fsp3) is 0.625. The number of rotatable bonds is 3. The van der Waals surface area contributed by atoms with Gasteiger partial charge in [0.05, 0.1) is 0 Å². The molecule has 1 heterocycles. The monoisotopic (exact) mass is 277 g/mol. The summed E-state index contributed by atoms with van der Waals surface area (Å²) in [6.07, 6.45) is 6.31. The highest BCUT2D eigenvalue weighted by Crippen LogP contribution is 2.32. The number of phenols is 1. The van der Waals surface area contributed by atoms with E-state index in [1.807, 2.05) is 12.1 Å². The molecule has 0 bridgehead atoms. The van der Waals surface area contributed by atoms with Gasteiger partial charge in [-0.2, -0.15) is 11.8 Å². The molecule has 0 spiro atoms. The summed E-state index contributed by atoms with van der Waals surface area (Å²) in [6, 6.07) is 6.38. The molecular weight excluding hydrogens is 254 g/mol. The molecule has 3 heteroatoms. The Labute approximate surface area is 120 Å². The lowest BCUT2D eigenvalue weighted by Crippen LogP contribution is -2.31. The summed E-state index contributed by atoms with van der Waals surface area (Å²) in [5.74, 6) is 3.94. The van der Waals surface area contributed by atoms with Crippen LogP contribution in [0.4, 0.5) is 0 Å². The second-order valence-electron chi connectivity index (χ2n) is 5.79. The van der Waals surface area contributed by atoms with Gasteiger partial charge in [-0.25, -0.2) is 0 Å². The van der Waals surface area contributed by atoms with Gasteiger partial charge in [0.25, 0.3) is 0 Å². The van der Waals surface area contributed by atoms with Crippen molar-refractivity contribution in [2.24, 2.45) is 5.92 Å². The minimum atomic E-state index is 0.406. The molecule has 2 N–H and O–H groups in total. The maximum absolute atomic E-state index is 9.59. The van der Waals surface area contributed by atoms with Gasteiger partial charge >= 0.3 is 0 Å². The Kier molecular flexibility index (Phi) is 4.34. The summed E-state index contributed by atoms with van der Waals surface area (Å²) in [4.78, 5) is 0. The van der Waals surface area contributed by atoms with E-state index in [2.05, 4.69) is 23.1 Å². The van der Waals surface area contributed by atoms with Crippen LogP contribution in [0.15, 0.2) is 18.2 Å². The van der Waals surface area contributed by atoms with Gasteiger partial charge in [-0.05, 0) is 79.3 Å². The molecule has 1 fully saturated rings. The number of fused-ring (bicyclic) bond motifs is 1. The lowest BCUT2D eigenvalue weighted by Gasteiger charge is -2.29. The second-order valence-corrected chi connectivity index (χ2v) is 7.02. The van der Waals surface area contributed by atoms with E-state index < -0.39 is 0 Å². The third kappa shape index (κ3) is 3.26. The van der Waals surface area contributed by atoms with Crippen molar-refractivity contribution in [1.82, 2.24) is 5.32 Å². The van der Waals surface area contributed by atoms with Crippen LogP contribution < -0.4 is 5.32 Å². The third-order valence-electron chi connectivity index (χ3n) is 4.43. The van der Waals surface area contributed by atoms with Gasteiger partial charge in [0, 0.05) is 6.04 Å². The molecule has 0 radical (unpaired) electrons. The Morgan fingerprint density at radius 1 is 1.21 bits per heavy atom. The largest absolute Gasteiger partial charge is 0.508 e. The number of nitrogens with one attached hydrogen (secondary N) is 1. The molecule has 1 atom stereocenters. The molecule has 1 unspecified atom stereocenters. The normalized spacial score (nSPS) is 24.1. The summed E-state index contributed by atoms with van der Waals surface area (Å²) in [7, 11) is 0. The number of benzene rings is 1. The highest BCUT2D eigenvalue weighted by molar-refractivity contribution is 7.99. The fourth-order valence-electron chi connectivity index (χ4n) is 3.27. The second kappa shape index (κ2) is 6.19. The molecule has 1 saturated heterocycles. The molecule has 3 rings (SSSR count). The molecule has 0 aromatic heterocycles. The number of hydrogen-bond donors (Lipinski definition) is 2. The Morgan fingerprint density at radius 3 is 2.89 bits per heavy atom. The number of thioether (sulfide) groups is 1. The van der Waals surface area contributed by atoms with Crippen LogP contribution in [0.3, 0.4) is 0 Å². The fourth-order valence-corrected chi connectivity index (χ4v) is 4.48. The summed E-state index contributed by atoms with van der Waals surface area (Å²) in [6.45, 7) is 1.16. The van der Waals surface area contributed by atoms with Gasteiger partial charge < -0.3 is 10.4 Å². The van der Waals surface area contributed by atoms with E-state index in [1.165, 1.54) is 48.3 Å². The number of aromatic hydroxyl groups is 1. The number of aryl methyl sites for hydroxylation is 1. The molecule has 1 aromatic carbocycles. The maximum atomic E-state index is 9.59. The molecule has 2 nitrogen and oxygen atoms in total. The topological polar surface area (TPSA) is 32.3 Å². The quantitative estimate of drug-likeness (QED) is 0.887. The van der Waals surface area contributed by atoms with E-state index in [0.717, 1.165) is 18.9 Å². The third-order valence-corrected chi connectivity index (χ3v) is 5.48.